The number of amides is 1. The predicted octanol–water partition coefficient (Wildman–Crippen LogP) is 0.635. The molecular weight excluding hydrogens is 402 g/mol. The zero-order chi connectivity index (χ0) is 21.7. The van der Waals surface area contributed by atoms with Gasteiger partial charge in [0, 0.05) is 26.0 Å². The molecule has 4 aromatic rings. The van der Waals surface area contributed by atoms with E-state index in [2.05, 4.69) is 25.4 Å². The Morgan fingerprint density at radius 1 is 1.35 bits per heavy atom. The normalized spacial score (nSPS) is 19.2. The maximum Gasteiger partial charge on any atom is 0.332 e. The minimum atomic E-state index is -0.626. The second-order valence-corrected chi connectivity index (χ2v) is 7.62. The van der Waals surface area contributed by atoms with Crippen LogP contribution in [0.1, 0.15) is 24.6 Å². The molecule has 1 amide bonds. The van der Waals surface area contributed by atoms with Gasteiger partial charge in [0.1, 0.15) is 18.1 Å². The van der Waals surface area contributed by atoms with Crippen LogP contribution in [-0.4, -0.2) is 46.2 Å². The number of aryl methyl sites for hydroxylation is 2. The van der Waals surface area contributed by atoms with Crippen LogP contribution in [0.3, 0.4) is 0 Å². The van der Waals surface area contributed by atoms with Crippen LogP contribution in [0.4, 0.5) is 11.6 Å². The van der Waals surface area contributed by atoms with Crippen molar-refractivity contribution in [2.75, 3.05) is 11.9 Å². The van der Waals surface area contributed by atoms with Gasteiger partial charge in [-0.05, 0) is 25.0 Å². The molecule has 0 aromatic carbocycles. The molecule has 12 heteroatoms. The molecule has 31 heavy (non-hydrogen) atoms. The van der Waals surface area contributed by atoms with Gasteiger partial charge >= 0.3 is 5.69 Å². The summed E-state index contributed by atoms with van der Waals surface area (Å²) in [7, 11) is 1.65. The predicted molar refractivity (Wildman–Crippen MR) is 111 cm³/mol. The lowest BCUT2D eigenvalue weighted by Gasteiger charge is -2.28. The van der Waals surface area contributed by atoms with E-state index in [0.29, 0.717) is 36.6 Å². The quantitative estimate of drug-likeness (QED) is 0.486. The fraction of sp³-hybridized carbons (Fsp3) is 0.368. The number of rotatable bonds is 4. The number of anilines is 2. The Labute approximate surface area is 175 Å². The van der Waals surface area contributed by atoms with Crippen molar-refractivity contribution in [3.05, 3.63) is 40.8 Å². The van der Waals surface area contributed by atoms with Crippen molar-refractivity contribution in [3.63, 3.8) is 0 Å². The topological polar surface area (TPSA) is 147 Å². The number of imidazole rings is 1. The first-order chi connectivity index (χ1) is 14.9. The number of aromatic nitrogens is 7. The van der Waals surface area contributed by atoms with Gasteiger partial charge in [-0.1, -0.05) is 0 Å². The molecule has 3 N–H and O–H groups in total. The Morgan fingerprint density at radius 2 is 2.19 bits per heavy atom. The molecule has 4 aromatic heterocycles. The molecule has 0 radical (unpaired) electrons. The lowest BCUT2D eigenvalue weighted by molar-refractivity contribution is -0.129. The summed E-state index contributed by atoms with van der Waals surface area (Å²) in [5.74, 6) is -0.424. The van der Waals surface area contributed by atoms with Gasteiger partial charge < -0.3 is 15.8 Å². The third-order valence-electron chi connectivity index (χ3n) is 5.65. The summed E-state index contributed by atoms with van der Waals surface area (Å²) < 4.78 is 10.4. The molecule has 2 unspecified atom stereocenters. The second-order valence-electron chi connectivity index (χ2n) is 7.62. The molecule has 1 aliphatic rings. The van der Waals surface area contributed by atoms with Gasteiger partial charge in [0.05, 0.1) is 18.1 Å². The molecule has 0 aliphatic carbocycles. The molecule has 1 aliphatic heterocycles. The van der Waals surface area contributed by atoms with Crippen molar-refractivity contribution in [2.45, 2.75) is 26.0 Å². The minimum Gasteiger partial charge on any atom is -0.369 e. The number of ether oxygens (including phenoxy) is 1. The highest BCUT2D eigenvalue weighted by Gasteiger charge is 2.30. The highest BCUT2D eigenvalue weighted by atomic mass is 16.5. The van der Waals surface area contributed by atoms with Gasteiger partial charge in [0.15, 0.2) is 11.3 Å². The molecule has 160 valence electrons. The molecule has 1 fully saturated rings. The van der Waals surface area contributed by atoms with Gasteiger partial charge in [-0.15, -0.1) is 0 Å². The van der Waals surface area contributed by atoms with E-state index >= 15 is 0 Å². The van der Waals surface area contributed by atoms with Crippen LogP contribution in [-0.2, 0) is 16.6 Å². The van der Waals surface area contributed by atoms with Gasteiger partial charge in [0.25, 0.3) is 0 Å². The number of nitrogens with two attached hydrogens (primary N) is 1. The molecule has 5 rings (SSSR count). The van der Waals surface area contributed by atoms with Gasteiger partial charge in [-0.3, -0.25) is 9.36 Å². The van der Waals surface area contributed by atoms with E-state index in [-0.39, 0.29) is 11.6 Å². The van der Waals surface area contributed by atoms with Crippen molar-refractivity contribution in [3.8, 4) is 0 Å². The maximum absolute atomic E-state index is 12.9. The van der Waals surface area contributed by atoms with Crippen molar-refractivity contribution in [1.29, 1.82) is 0 Å². The number of primary amides is 1. The molecule has 5 heterocycles. The van der Waals surface area contributed by atoms with Crippen LogP contribution in [0, 0.1) is 12.8 Å². The highest BCUT2D eigenvalue weighted by molar-refractivity contribution is 5.77. The first-order valence-corrected chi connectivity index (χ1v) is 9.84. The zero-order valence-corrected chi connectivity index (χ0v) is 17.0. The molecule has 0 spiro atoms. The number of fused-ring (bicyclic) bond motifs is 2. The summed E-state index contributed by atoms with van der Waals surface area (Å²) in [4.78, 5) is 37.7. The Morgan fingerprint density at radius 3 is 3.00 bits per heavy atom. The van der Waals surface area contributed by atoms with Crippen molar-refractivity contribution < 1.29 is 9.53 Å². The van der Waals surface area contributed by atoms with Crippen LogP contribution in [0.5, 0.6) is 0 Å². The van der Waals surface area contributed by atoms with E-state index < -0.39 is 12.1 Å². The number of nitrogens with one attached hydrogen (secondary N) is 1. The number of pyridine rings is 1. The van der Waals surface area contributed by atoms with E-state index in [1.54, 1.807) is 24.0 Å². The standard InChI is InChI=1S/C19H21N9O3/c1-10-5-14-22-9-23-27(14)8-12(10)24-18-21-7-13-17(25-18)28(19(30)26(13)2)15-6-11(16(20)29)3-4-31-15/h5,7-9,11,15H,3-4,6H2,1-2H3,(H2,20,29)(H,21,24,25). The first kappa shape index (κ1) is 19.2. The summed E-state index contributed by atoms with van der Waals surface area (Å²) in [6.07, 6.45) is 5.09. The lowest BCUT2D eigenvalue weighted by atomic mass is 9.98. The van der Waals surface area contributed by atoms with Gasteiger partial charge in [-0.2, -0.15) is 10.1 Å². The average molecular weight is 423 g/mol. The summed E-state index contributed by atoms with van der Waals surface area (Å²) in [5.41, 5.74) is 8.59. The molecule has 0 saturated carbocycles. The van der Waals surface area contributed by atoms with Crippen molar-refractivity contribution >= 4 is 34.4 Å². The van der Waals surface area contributed by atoms with Crippen molar-refractivity contribution in [1.82, 2.24) is 33.7 Å². The van der Waals surface area contributed by atoms with E-state index in [4.69, 9.17) is 10.5 Å². The van der Waals surface area contributed by atoms with Crippen LogP contribution in [0.15, 0.2) is 29.6 Å². The van der Waals surface area contributed by atoms with Crippen LogP contribution >= 0.6 is 0 Å². The third kappa shape index (κ3) is 3.20. The first-order valence-electron chi connectivity index (χ1n) is 9.84. The second kappa shape index (κ2) is 7.16. The maximum atomic E-state index is 12.9. The largest absolute Gasteiger partial charge is 0.369 e. The Balaban J connectivity index is 1.55. The Hall–Kier alpha value is -3.80. The molecule has 1 saturated heterocycles. The molecule has 2 atom stereocenters. The lowest BCUT2D eigenvalue weighted by Crippen LogP contribution is -2.36. The number of hydrogen-bond donors (Lipinski definition) is 2. The number of carbonyl (C=O) groups is 1. The van der Waals surface area contributed by atoms with E-state index in [1.165, 1.54) is 15.5 Å². The number of nitrogens with zero attached hydrogens (tertiary/aromatic N) is 7. The number of hydrogen-bond acceptors (Lipinski definition) is 8. The van der Waals surface area contributed by atoms with Crippen LogP contribution < -0.4 is 16.7 Å². The van der Waals surface area contributed by atoms with Crippen LogP contribution in [0.25, 0.3) is 16.8 Å². The SMILES string of the molecule is Cc1cc2ncnn2cc1Nc1ncc2c(n1)n(C1CC(C(N)=O)CCO1)c(=O)n2C. The summed E-state index contributed by atoms with van der Waals surface area (Å²) in [6.45, 7) is 2.28. The van der Waals surface area contributed by atoms with E-state index in [0.717, 1.165) is 16.9 Å². The zero-order valence-electron chi connectivity index (χ0n) is 17.0. The third-order valence-corrected chi connectivity index (χ3v) is 5.65. The summed E-state index contributed by atoms with van der Waals surface area (Å²) in [5, 5.41) is 7.33. The Bertz CT molecular complexity index is 1370. The molecule has 12 nitrogen and oxygen atoms in total. The fourth-order valence-corrected chi connectivity index (χ4v) is 3.88. The summed E-state index contributed by atoms with van der Waals surface area (Å²) >= 11 is 0. The summed E-state index contributed by atoms with van der Waals surface area (Å²) in [6, 6.07) is 1.89. The minimum absolute atomic E-state index is 0.295. The highest BCUT2D eigenvalue weighted by Crippen LogP contribution is 2.29. The smallest absolute Gasteiger partial charge is 0.332 e. The van der Waals surface area contributed by atoms with Crippen LogP contribution in [0.2, 0.25) is 0 Å². The number of carbonyl (C=O) groups excluding carboxylic acids is 1. The van der Waals surface area contributed by atoms with E-state index in [1.807, 2.05) is 13.0 Å². The molecular formula is C19H21N9O3. The fourth-order valence-electron chi connectivity index (χ4n) is 3.88. The van der Waals surface area contributed by atoms with Gasteiger partial charge in [0.2, 0.25) is 11.9 Å². The van der Waals surface area contributed by atoms with E-state index in [9.17, 15) is 9.59 Å². The molecule has 0 bridgehead atoms. The Kier molecular flexibility index (Phi) is 4.43. The van der Waals surface area contributed by atoms with Gasteiger partial charge in [-0.25, -0.2) is 23.8 Å². The average Bonchev–Trinajstić information content (AvgIpc) is 3.30. The van der Waals surface area contributed by atoms with Crippen molar-refractivity contribution in [2.24, 2.45) is 18.7 Å². The monoisotopic (exact) mass is 423 g/mol.